The summed E-state index contributed by atoms with van der Waals surface area (Å²) in [5.74, 6) is 1.95. The number of hydrogen-bond donors (Lipinski definition) is 0. The lowest BCUT2D eigenvalue weighted by Crippen LogP contribution is -2.46. The fourth-order valence-corrected chi connectivity index (χ4v) is 4.89. The molecule has 2 saturated heterocycles. The van der Waals surface area contributed by atoms with Gasteiger partial charge in [0.25, 0.3) is 0 Å². The summed E-state index contributed by atoms with van der Waals surface area (Å²) in [6, 6.07) is 2.04. The molecule has 2 aromatic rings. The molecule has 2 aliphatic heterocycles. The van der Waals surface area contributed by atoms with E-state index in [1.54, 1.807) is 7.11 Å². The van der Waals surface area contributed by atoms with Crippen LogP contribution in [0.15, 0.2) is 10.6 Å². The number of aromatic nitrogens is 4. The van der Waals surface area contributed by atoms with Crippen molar-refractivity contribution in [2.45, 2.75) is 70.3 Å². The Morgan fingerprint density at radius 3 is 2.66 bits per heavy atom. The Hall–Kier alpha value is -2.26. The number of piperidine rings is 1. The number of carbonyl (C=O) groups is 1. The van der Waals surface area contributed by atoms with E-state index in [1.807, 2.05) is 29.5 Å². The molecule has 4 rings (SSSR count). The Labute approximate surface area is 189 Å². The Morgan fingerprint density at radius 1 is 1.25 bits per heavy atom. The van der Waals surface area contributed by atoms with Crippen LogP contribution in [-0.4, -0.2) is 70.7 Å². The van der Waals surface area contributed by atoms with Crippen molar-refractivity contribution in [1.29, 1.82) is 0 Å². The van der Waals surface area contributed by atoms with Gasteiger partial charge in [-0.1, -0.05) is 5.16 Å². The second kappa shape index (κ2) is 10.1. The van der Waals surface area contributed by atoms with Gasteiger partial charge in [-0.2, -0.15) is 10.1 Å². The van der Waals surface area contributed by atoms with E-state index in [-0.39, 0.29) is 17.2 Å². The molecule has 0 N–H and O–H groups in total. The number of methoxy groups -OCH3 is 1. The number of amides is 1. The summed E-state index contributed by atoms with van der Waals surface area (Å²) in [6.07, 6.45) is 4.76. The van der Waals surface area contributed by atoms with Crippen LogP contribution in [0.5, 0.6) is 0 Å². The van der Waals surface area contributed by atoms with Crippen molar-refractivity contribution in [1.82, 2.24) is 24.8 Å². The van der Waals surface area contributed by atoms with Crippen LogP contribution in [0.3, 0.4) is 0 Å². The van der Waals surface area contributed by atoms with Gasteiger partial charge in [-0.3, -0.25) is 9.48 Å². The maximum absolute atomic E-state index is 12.9. The minimum atomic E-state index is -0.213. The Kier molecular flexibility index (Phi) is 7.25. The molecule has 2 aromatic heterocycles. The molecule has 176 valence electrons. The van der Waals surface area contributed by atoms with E-state index in [0.29, 0.717) is 32.7 Å². The highest BCUT2D eigenvalue weighted by Crippen LogP contribution is 2.38. The molecule has 0 bridgehead atoms. The van der Waals surface area contributed by atoms with Crippen LogP contribution in [0.4, 0.5) is 0 Å². The first-order valence-electron chi connectivity index (χ1n) is 11.7. The monoisotopic (exact) mass is 445 g/mol. The molecule has 0 saturated carbocycles. The molecular formula is C23H35N5O4. The largest absolute Gasteiger partial charge is 0.385 e. The first-order valence-corrected chi connectivity index (χ1v) is 11.7. The minimum Gasteiger partial charge on any atom is -0.385 e. The maximum atomic E-state index is 12.9. The summed E-state index contributed by atoms with van der Waals surface area (Å²) < 4.78 is 18.5. The van der Waals surface area contributed by atoms with Gasteiger partial charge in [-0.25, -0.2) is 0 Å². The van der Waals surface area contributed by atoms with E-state index in [1.165, 1.54) is 0 Å². The van der Waals surface area contributed by atoms with Gasteiger partial charge in [0.1, 0.15) is 0 Å². The van der Waals surface area contributed by atoms with E-state index in [0.717, 1.165) is 68.4 Å². The Morgan fingerprint density at radius 2 is 2.00 bits per heavy atom. The van der Waals surface area contributed by atoms with Gasteiger partial charge < -0.3 is 18.9 Å². The van der Waals surface area contributed by atoms with Crippen LogP contribution < -0.4 is 0 Å². The van der Waals surface area contributed by atoms with Gasteiger partial charge in [0.15, 0.2) is 5.82 Å². The molecule has 9 nitrogen and oxygen atoms in total. The van der Waals surface area contributed by atoms with Gasteiger partial charge >= 0.3 is 0 Å². The molecule has 0 aliphatic carbocycles. The van der Waals surface area contributed by atoms with Crippen LogP contribution in [0.25, 0.3) is 0 Å². The zero-order valence-corrected chi connectivity index (χ0v) is 19.5. The van der Waals surface area contributed by atoms with Crippen molar-refractivity contribution >= 4 is 5.91 Å². The number of carbonyl (C=O) groups excluding carboxylic acids is 1. The van der Waals surface area contributed by atoms with Gasteiger partial charge in [-0.15, -0.1) is 0 Å². The van der Waals surface area contributed by atoms with Crippen LogP contribution in [-0.2, 0) is 26.2 Å². The van der Waals surface area contributed by atoms with E-state index < -0.39 is 0 Å². The number of nitrogens with zero attached hydrogens (tertiary/aromatic N) is 5. The third kappa shape index (κ3) is 5.04. The number of likely N-dealkylation sites (tertiary alicyclic amines) is 1. The van der Waals surface area contributed by atoms with E-state index in [9.17, 15) is 4.79 Å². The maximum Gasteiger partial charge on any atom is 0.229 e. The number of rotatable bonds is 8. The van der Waals surface area contributed by atoms with Crippen LogP contribution in [0.1, 0.15) is 67.5 Å². The van der Waals surface area contributed by atoms with Crippen molar-refractivity contribution < 1.29 is 18.8 Å². The smallest absolute Gasteiger partial charge is 0.229 e. The summed E-state index contributed by atoms with van der Waals surface area (Å²) >= 11 is 0. The van der Waals surface area contributed by atoms with Crippen molar-refractivity contribution in [3.05, 3.63) is 29.2 Å². The summed E-state index contributed by atoms with van der Waals surface area (Å²) in [5, 5.41) is 8.86. The second-order valence-electron chi connectivity index (χ2n) is 9.15. The minimum absolute atomic E-state index is 0.175. The number of aryl methyl sites for hydroxylation is 3. The predicted octanol–water partition coefficient (Wildman–Crippen LogP) is 2.76. The predicted molar refractivity (Wildman–Crippen MR) is 117 cm³/mol. The molecule has 9 heteroatoms. The first-order chi connectivity index (χ1) is 15.5. The van der Waals surface area contributed by atoms with Gasteiger partial charge in [-0.05, 0) is 52.0 Å². The molecule has 1 amide bonds. The quantitative estimate of drug-likeness (QED) is 0.616. The van der Waals surface area contributed by atoms with Gasteiger partial charge in [0, 0.05) is 70.0 Å². The highest BCUT2D eigenvalue weighted by molar-refractivity contribution is 5.76. The molecule has 4 heterocycles. The van der Waals surface area contributed by atoms with Crippen molar-refractivity contribution in [3.8, 4) is 0 Å². The van der Waals surface area contributed by atoms with Crippen LogP contribution in [0, 0.1) is 13.8 Å². The van der Waals surface area contributed by atoms with Crippen molar-refractivity contribution in [2.24, 2.45) is 0 Å². The lowest BCUT2D eigenvalue weighted by molar-refractivity contribution is -0.133. The van der Waals surface area contributed by atoms with Crippen molar-refractivity contribution in [2.75, 3.05) is 40.0 Å². The lowest BCUT2D eigenvalue weighted by Gasteiger charge is -2.40. The topological polar surface area (TPSA) is 95.5 Å². The third-order valence-corrected chi connectivity index (χ3v) is 6.99. The average molecular weight is 446 g/mol. The molecule has 0 aromatic carbocycles. The van der Waals surface area contributed by atoms with Crippen LogP contribution >= 0.6 is 0 Å². The highest BCUT2D eigenvalue weighted by atomic mass is 16.5. The summed E-state index contributed by atoms with van der Waals surface area (Å²) in [5.41, 5.74) is 1.86. The molecule has 32 heavy (non-hydrogen) atoms. The SMILES string of the molecule is COCCC1(c2noc(C3CCOCC3)n2)CCN(C(=O)CCn2nc(C)cc2C)CC1. The summed E-state index contributed by atoms with van der Waals surface area (Å²) in [4.78, 5) is 19.7. The third-order valence-electron chi connectivity index (χ3n) is 6.99. The molecule has 0 spiro atoms. The molecular weight excluding hydrogens is 410 g/mol. The Bertz CT molecular complexity index is 894. The highest BCUT2D eigenvalue weighted by Gasteiger charge is 2.41. The first kappa shape index (κ1) is 22.9. The van der Waals surface area contributed by atoms with E-state index in [2.05, 4.69) is 10.3 Å². The fraction of sp³-hybridized carbons (Fsp3) is 0.739. The fourth-order valence-electron chi connectivity index (χ4n) is 4.89. The van der Waals surface area contributed by atoms with Gasteiger partial charge in [0.2, 0.25) is 11.8 Å². The Balaban J connectivity index is 1.39. The number of ether oxygens (including phenoxy) is 2. The number of hydrogen-bond acceptors (Lipinski definition) is 7. The summed E-state index contributed by atoms with van der Waals surface area (Å²) in [7, 11) is 1.72. The lowest BCUT2D eigenvalue weighted by atomic mass is 9.75. The summed E-state index contributed by atoms with van der Waals surface area (Å²) in [6.45, 7) is 8.12. The van der Waals surface area contributed by atoms with Crippen molar-refractivity contribution in [3.63, 3.8) is 0 Å². The van der Waals surface area contributed by atoms with Crippen LogP contribution in [0.2, 0.25) is 0 Å². The van der Waals surface area contributed by atoms with E-state index in [4.69, 9.17) is 19.0 Å². The zero-order chi connectivity index (χ0) is 22.6. The molecule has 0 unspecified atom stereocenters. The molecule has 2 fully saturated rings. The standard InChI is InChI=1S/C23H35N5O4/c1-17-16-18(2)28(25-17)10-4-20(29)27-11-7-23(8-12-27,9-15-30-3)22-24-21(32-26-22)19-5-13-31-14-6-19/h16,19H,4-15H2,1-3H3. The molecule has 0 radical (unpaired) electrons. The second-order valence-corrected chi connectivity index (χ2v) is 9.15. The molecule has 2 aliphatic rings. The van der Waals surface area contributed by atoms with Gasteiger partial charge in [0.05, 0.1) is 5.69 Å². The molecule has 0 atom stereocenters. The average Bonchev–Trinajstić information content (AvgIpc) is 3.44. The zero-order valence-electron chi connectivity index (χ0n) is 19.5. The van der Waals surface area contributed by atoms with E-state index >= 15 is 0 Å². The normalized spacial score (nSPS) is 19.4.